The van der Waals surface area contributed by atoms with Crippen molar-refractivity contribution in [2.75, 3.05) is 13.1 Å². The number of halogens is 1. The first kappa shape index (κ1) is 12.8. The summed E-state index contributed by atoms with van der Waals surface area (Å²) in [5.74, 6) is 0. The Kier molecular flexibility index (Phi) is 2.97. The first-order valence-corrected chi connectivity index (χ1v) is 7.23. The van der Waals surface area contributed by atoms with Gasteiger partial charge in [0, 0.05) is 18.1 Å². The molecule has 0 N–H and O–H groups in total. The van der Waals surface area contributed by atoms with Gasteiger partial charge in [0.05, 0.1) is 11.6 Å². The molecule has 3 rings (SSSR count). The third-order valence-corrected chi connectivity index (χ3v) is 4.90. The maximum Gasteiger partial charge on any atom is 0.321 e. The molecule has 4 heteroatoms. The van der Waals surface area contributed by atoms with Crippen LogP contribution in [0.5, 0.6) is 0 Å². The van der Waals surface area contributed by atoms with Gasteiger partial charge in [0.25, 0.3) is 0 Å². The number of carbonyl (C=O) groups excluding carboxylic acids is 1. The zero-order valence-corrected chi connectivity index (χ0v) is 12.2. The molecular formula is C15H19ClN2O. The third-order valence-electron chi connectivity index (χ3n) is 4.56. The van der Waals surface area contributed by atoms with E-state index in [0.29, 0.717) is 0 Å². The maximum absolute atomic E-state index is 12.5. The summed E-state index contributed by atoms with van der Waals surface area (Å²) in [4.78, 5) is 16.5. The van der Waals surface area contributed by atoms with Crippen LogP contribution in [-0.4, -0.2) is 34.5 Å². The molecule has 2 unspecified atom stereocenters. The average molecular weight is 279 g/mol. The number of nitrogens with zero attached hydrogens (tertiary/aromatic N) is 2. The number of hydrogen-bond donors (Lipinski definition) is 0. The van der Waals surface area contributed by atoms with Gasteiger partial charge in [-0.25, -0.2) is 4.79 Å². The first-order valence-electron chi connectivity index (χ1n) is 6.86. The van der Waals surface area contributed by atoms with Gasteiger partial charge in [-0.05, 0) is 38.3 Å². The zero-order valence-electron chi connectivity index (χ0n) is 11.4. The molecule has 2 atom stereocenters. The summed E-state index contributed by atoms with van der Waals surface area (Å²) < 4.78 is 0. The van der Waals surface area contributed by atoms with Crippen LogP contribution < -0.4 is 0 Å². The van der Waals surface area contributed by atoms with E-state index in [1.165, 1.54) is 0 Å². The summed E-state index contributed by atoms with van der Waals surface area (Å²) in [6.45, 7) is 5.95. The van der Waals surface area contributed by atoms with Crippen LogP contribution in [0.1, 0.15) is 38.3 Å². The van der Waals surface area contributed by atoms with Gasteiger partial charge in [-0.15, -0.1) is 0 Å². The Labute approximate surface area is 119 Å². The molecule has 3 nitrogen and oxygen atoms in total. The van der Waals surface area contributed by atoms with Gasteiger partial charge < -0.3 is 9.80 Å². The lowest BCUT2D eigenvalue weighted by molar-refractivity contribution is 0.178. The number of rotatable bonds is 2. The molecule has 0 radical (unpaired) electrons. The molecule has 102 valence electrons. The van der Waals surface area contributed by atoms with E-state index < -0.39 is 0 Å². The van der Waals surface area contributed by atoms with Crippen LogP contribution in [0, 0.1) is 0 Å². The molecule has 0 saturated carbocycles. The Morgan fingerprint density at radius 3 is 2.79 bits per heavy atom. The molecule has 2 aliphatic heterocycles. The molecule has 0 aromatic heterocycles. The summed E-state index contributed by atoms with van der Waals surface area (Å²) >= 11 is 6.25. The highest BCUT2D eigenvalue weighted by atomic mass is 35.5. The van der Waals surface area contributed by atoms with Gasteiger partial charge in [0.1, 0.15) is 0 Å². The van der Waals surface area contributed by atoms with Gasteiger partial charge in [-0.1, -0.05) is 29.8 Å². The molecule has 2 amide bonds. The summed E-state index contributed by atoms with van der Waals surface area (Å²) in [5, 5.41) is 0.736. The van der Waals surface area contributed by atoms with E-state index in [1.54, 1.807) is 0 Å². The SMILES string of the molecule is CC(c1ccccc1Cl)N1CC2(C)CCCN2C1=O. The largest absolute Gasteiger partial charge is 0.321 e. The fourth-order valence-corrected chi connectivity index (χ4v) is 3.68. The van der Waals surface area contributed by atoms with Crippen molar-refractivity contribution in [3.63, 3.8) is 0 Å². The molecular weight excluding hydrogens is 260 g/mol. The standard InChI is InChI=1S/C15H19ClN2O/c1-11(12-6-3-4-7-13(12)16)17-10-15(2)8-5-9-18(15)14(17)19/h3-4,6-7,11H,5,8-10H2,1-2H3. The Morgan fingerprint density at radius 2 is 2.11 bits per heavy atom. The molecule has 2 heterocycles. The van der Waals surface area contributed by atoms with E-state index >= 15 is 0 Å². The van der Waals surface area contributed by atoms with Crippen LogP contribution in [0.2, 0.25) is 5.02 Å². The van der Waals surface area contributed by atoms with E-state index in [9.17, 15) is 4.79 Å². The molecule has 0 spiro atoms. The number of benzene rings is 1. The van der Waals surface area contributed by atoms with Crippen LogP contribution >= 0.6 is 11.6 Å². The predicted molar refractivity (Wildman–Crippen MR) is 76.3 cm³/mol. The maximum atomic E-state index is 12.5. The Morgan fingerprint density at radius 1 is 1.37 bits per heavy atom. The van der Waals surface area contributed by atoms with Gasteiger partial charge in [0.15, 0.2) is 0 Å². The van der Waals surface area contributed by atoms with Crippen LogP contribution in [0.4, 0.5) is 4.79 Å². The number of hydrogen-bond acceptors (Lipinski definition) is 1. The monoisotopic (exact) mass is 278 g/mol. The first-order chi connectivity index (χ1) is 9.03. The van der Waals surface area contributed by atoms with E-state index in [0.717, 1.165) is 36.5 Å². The van der Waals surface area contributed by atoms with Crippen molar-refractivity contribution in [2.45, 2.75) is 38.3 Å². The fourth-order valence-electron chi connectivity index (χ4n) is 3.39. The summed E-state index contributed by atoms with van der Waals surface area (Å²) in [6.07, 6.45) is 2.22. The van der Waals surface area contributed by atoms with Crippen LogP contribution in [0.3, 0.4) is 0 Å². The minimum atomic E-state index is 0.0204. The predicted octanol–water partition coefficient (Wildman–Crippen LogP) is 3.69. The second-order valence-electron chi connectivity index (χ2n) is 5.86. The van der Waals surface area contributed by atoms with Crippen molar-refractivity contribution in [3.05, 3.63) is 34.9 Å². The number of carbonyl (C=O) groups is 1. The summed E-state index contributed by atoms with van der Waals surface area (Å²) in [5.41, 5.74) is 1.05. The Balaban J connectivity index is 1.88. The third kappa shape index (κ3) is 1.91. The fraction of sp³-hybridized carbons (Fsp3) is 0.533. The molecule has 2 fully saturated rings. The Bertz CT molecular complexity index is 519. The van der Waals surface area contributed by atoms with Crippen molar-refractivity contribution in [3.8, 4) is 0 Å². The smallest absolute Gasteiger partial charge is 0.317 e. The lowest BCUT2D eigenvalue weighted by atomic mass is 9.99. The summed E-state index contributed by atoms with van der Waals surface area (Å²) in [6, 6.07) is 7.98. The minimum absolute atomic E-state index is 0.0204. The Hall–Kier alpha value is -1.22. The molecule has 2 aliphatic rings. The minimum Gasteiger partial charge on any atom is -0.317 e. The van der Waals surface area contributed by atoms with Gasteiger partial charge in [-0.2, -0.15) is 0 Å². The number of fused-ring (bicyclic) bond motifs is 1. The highest BCUT2D eigenvalue weighted by Gasteiger charge is 2.50. The van der Waals surface area contributed by atoms with E-state index in [2.05, 4.69) is 13.8 Å². The zero-order chi connectivity index (χ0) is 13.6. The van der Waals surface area contributed by atoms with Gasteiger partial charge in [0.2, 0.25) is 0 Å². The van der Waals surface area contributed by atoms with Crippen molar-refractivity contribution in [1.29, 1.82) is 0 Å². The normalized spacial score (nSPS) is 27.8. The lowest BCUT2D eigenvalue weighted by Crippen LogP contribution is -2.38. The van der Waals surface area contributed by atoms with Crippen molar-refractivity contribution >= 4 is 17.6 Å². The second kappa shape index (κ2) is 4.41. The van der Waals surface area contributed by atoms with Gasteiger partial charge in [-0.3, -0.25) is 0 Å². The highest BCUT2D eigenvalue weighted by Crippen LogP contribution is 2.40. The number of amides is 2. The highest BCUT2D eigenvalue weighted by molar-refractivity contribution is 6.31. The average Bonchev–Trinajstić information content (AvgIpc) is 2.87. The van der Waals surface area contributed by atoms with Crippen molar-refractivity contribution < 1.29 is 4.79 Å². The van der Waals surface area contributed by atoms with Crippen LogP contribution in [0.25, 0.3) is 0 Å². The van der Waals surface area contributed by atoms with Crippen molar-refractivity contribution in [2.24, 2.45) is 0 Å². The van der Waals surface area contributed by atoms with E-state index in [-0.39, 0.29) is 17.6 Å². The topological polar surface area (TPSA) is 23.6 Å². The quantitative estimate of drug-likeness (QED) is 0.809. The molecule has 19 heavy (non-hydrogen) atoms. The number of urea groups is 1. The van der Waals surface area contributed by atoms with E-state index in [1.807, 2.05) is 34.1 Å². The molecule has 1 aromatic rings. The molecule has 2 saturated heterocycles. The van der Waals surface area contributed by atoms with Crippen LogP contribution in [-0.2, 0) is 0 Å². The van der Waals surface area contributed by atoms with Gasteiger partial charge >= 0.3 is 6.03 Å². The molecule has 0 bridgehead atoms. The lowest BCUT2D eigenvalue weighted by Gasteiger charge is -2.26. The second-order valence-corrected chi connectivity index (χ2v) is 6.27. The molecule has 1 aromatic carbocycles. The van der Waals surface area contributed by atoms with E-state index in [4.69, 9.17) is 11.6 Å². The molecule has 0 aliphatic carbocycles. The summed E-state index contributed by atoms with van der Waals surface area (Å²) in [7, 11) is 0. The van der Waals surface area contributed by atoms with Crippen LogP contribution in [0.15, 0.2) is 24.3 Å². The van der Waals surface area contributed by atoms with Crippen molar-refractivity contribution in [1.82, 2.24) is 9.80 Å².